The molecule has 1 fully saturated rings. The van der Waals surface area contributed by atoms with Gasteiger partial charge in [-0.1, -0.05) is 34.1 Å². The van der Waals surface area contributed by atoms with Crippen LogP contribution in [0.5, 0.6) is 0 Å². The lowest BCUT2D eigenvalue weighted by Gasteiger charge is -2.37. The summed E-state index contributed by atoms with van der Waals surface area (Å²) in [6.07, 6.45) is 4.25. The molecular weight excluding hydrogens is 370 g/mol. The summed E-state index contributed by atoms with van der Waals surface area (Å²) in [5.74, 6) is 0.0996. The lowest BCUT2D eigenvalue weighted by Crippen LogP contribution is -2.40. The van der Waals surface area contributed by atoms with E-state index >= 15 is 0 Å². The number of carbonyl (C=O) groups is 1. The summed E-state index contributed by atoms with van der Waals surface area (Å²) in [7, 11) is 0. The summed E-state index contributed by atoms with van der Waals surface area (Å²) in [5, 5.41) is 0. The fraction of sp³-hybridized carbons (Fsp3) is 0.316. The number of amides is 1. The van der Waals surface area contributed by atoms with Crippen molar-refractivity contribution < 1.29 is 4.79 Å². The molecule has 1 amide bonds. The molecule has 0 bridgehead atoms. The highest BCUT2D eigenvalue weighted by molar-refractivity contribution is 9.10. The second kappa shape index (κ2) is 5.99. The Bertz CT molecular complexity index is 758. The molecular formula is C19H18BrNOS. The molecule has 0 spiro atoms. The zero-order valence-electron chi connectivity index (χ0n) is 13.0. The number of thioether (sulfide) groups is 1. The Morgan fingerprint density at radius 2 is 1.91 bits per heavy atom. The molecule has 118 valence electrons. The third-order valence-corrected chi connectivity index (χ3v) is 6.19. The van der Waals surface area contributed by atoms with Crippen LogP contribution in [0.1, 0.15) is 41.5 Å². The van der Waals surface area contributed by atoms with Crippen molar-refractivity contribution in [3.05, 3.63) is 63.6 Å². The van der Waals surface area contributed by atoms with Crippen molar-refractivity contribution >= 4 is 33.6 Å². The predicted molar refractivity (Wildman–Crippen MR) is 97.9 cm³/mol. The first-order chi connectivity index (χ1) is 11.2. The van der Waals surface area contributed by atoms with E-state index in [0.717, 1.165) is 29.4 Å². The number of hydrogen-bond donors (Lipinski definition) is 0. The number of benzene rings is 2. The number of carbonyl (C=O) groups excluding carboxylic acids is 1. The third kappa shape index (κ3) is 2.52. The van der Waals surface area contributed by atoms with Gasteiger partial charge in [-0.2, -0.15) is 0 Å². The first-order valence-corrected chi connectivity index (χ1v) is 9.94. The van der Waals surface area contributed by atoms with Crippen molar-refractivity contribution in [3.63, 3.8) is 0 Å². The summed E-state index contributed by atoms with van der Waals surface area (Å²) in [6, 6.07) is 15.1. The minimum atomic E-state index is -0.164. The first kappa shape index (κ1) is 15.3. The van der Waals surface area contributed by atoms with Gasteiger partial charge in [0.25, 0.3) is 0 Å². The zero-order chi connectivity index (χ0) is 16.0. The fourth-order valence-electron chi connectivity index (χ4n) is 3.87. The SMILES string of the molecule is CSc1ccc([C@@H]2C(=O)N3CCC[C@H]3c3cc(Br)ccc32)cc1. The van der Waals surface area contributed by atoms with Crippen LogP contribution in [0.2, 0.25) is 0 Å². The Labute approximate surface area is 149 Å². The average molecular weight is 388 g/mol. The quantitative estimate of drug-likeness (QED) is 0.677. The molecule has 2 aliphatic rings. The van der Waals surface area contributed by atoms with Gasteiger partial charge in [-0.05, 0) is 60.1 Å². The van der Waals surface area contributed by atoms with Gasteiger partial charge in [0.05, 0.1) is 12.0 Å². The number of fused-ring (bicyclic) bond motifs is 3. The molecule has 0 aromatic heterocycles. The summed E-state index contributed by atoms with van der Waals surface area (Å²) in [4.78, 5) is 16.4. The molecule has 0 N–H and O–H groups in total. The molecule has 23 heavy (non-hydrogen) atoms. The van der Waals surface area contributed by atoms with Crippen LogP contribution in [0.25, 0.3) is 0 Å². The molecule has 0 unspecified atom stereocenters. The van der Waals surface area contributed by atoms with Gasteiger partial charge in [0.1, 0.15) is 0 Å². The second-order valence-corrected chi connectivity index (χ2v) is 7.96. The Kier molecular flexibility index (Phi) is 3.98. The van der Waals surface area contributed by atoms with Crippen LogP contribution in [0.4, 0.5) is 0 Å². The largest absolute Gasteiger partial charge is 0.335 e. The minimum absolute atomic E-state index is 0.164. The van der Waals surface area contributed by atoms with Crippen LogP contribution in [0, 0.1) is 0 Å². The normalized spacial score (nSPS) is 22.9. The molecule has 4 heteroatoms. The molecule has 2 aromatic rings. The predicted octanol–water partition coefficient (Wildman–Crippen LogP) is 4.98. The van der Waals surface area contributed by atoms with Crippen molar-refractivity contribution in [1.82, 2.24) is 4.90 Å². The highest BCUT2D eigenvalue weighted by Gasteiger charge is 2.42. The number of halogens is 1. The lowest BCUT2D eigenvalue weighted by molar-refractivity contribution is -0.133. The van der Waals surface area contributed by atoms with Crippen LogP contribution in [0.3, 0.4) is 0 Å². The average Bonchev–Trinajstić information content (AvgIpc) is 3.06. The first-order valence-electron chi connectivity index (χ1n) is 7.93. The van der Waals surface area contributed by atoms with E-state index in [4.69, 9.17) is 0 Å². The monoisotopic (exact) mass is 387 g/mol. The highest BCUT2D eigenvalue weighted by atomic mass is 79.9. The third-order valence-electron chi connectivity index (χ3n) is 4.95. The molecule has 1 saturated heterocycles. The van der Waals surface area contributed by atoms with E-state index in [-0.39, 0.29) is 17.9 Å². The molecule has 2 aliphatic heterocycles. The van der Waals surface area contributed by atoms with Gasteiger partial charge in [0.15, 0.2) is 0 Å². The standard InChI is InChI=1S/C19H18BrNOS/c1-23-14-7-4-12(5-8-14)18-15-9-6-13(20)11-16(15)17-3-2-10-21(17)19(18)22/h4-9,11,17-18H,2-3,10H2,1H3/t17-,18-/m0/s1. The van der Waals surface area contributed by atoms with Crippen LogP contribution >= 0.6 is 27.7 Å². The van der Waals surface area contributed by atoms with Crippen LogP contribution < -0.4 is 0 Å². The summed E-state index contributed by atoms with van der Waals surface area (Å²) < 4.78 is 1.09. The maximum atomic E-state index is 13.1. The van der Waals surface area contributed by atoms with Crippen molar-refractivity contribution in [2.75, 3.05) is 12.8 Å². The summed E-state index contributed by atoms with van der Waals surface area (Å²) in [6.45, 7) is 0.884. The molecule has 2 aromatic carbocycles. The van der Waals surface area contributed by atoms with Gasteiger partial charge in [-0.3, -0.25) is 4.79 Å². The number of nitrogens with zero attached hydrogens (tertiary/aromatic N) is 1. The summed E-state index contributed by atoms with van der Waals surface area (Å²) in [5.41, 5.74) is 3.59. The van der Waals surface area contributed by atoms with Crippen molar-refractivity contribution in [3.8, 4) is 0 Å². The van der Waals surface area contributed by atoms with Crippen molar-refractivity contribution in [2.24, 2.45) is 0 Å². The van der Waals surface area contributed by atoms with Gasteiger partial charge in [0.2, 0.25) is 5.91 Å². The maximum Gasteiger partial charge on any atom is 0.235 e. The van der Waals surface area contributed by atoms with Crippen molar-refractivity contribution in [2.45, 2.75) is 29.7 Å². The topological polar surface area (TPSA) is 20.3 Å². The van der Waals surface area contributed by atoms with E-state index in [1.54, 1.807) is 11.8 Å². The lowest BCUT2D eigenvalue weighted by atomic mass is 9.81. The molecule has 2 nitrogen and oxygen atoms in total. The molecule has 0 saturated carbocycles. The summed E-state index contributed by atoms with van der Waals surface area (Å²) >= 11 is 5.32. The minimum Gasteiger partial charge on any atom is -0.335 e. The Morgan fingerprint density at radius 1 is 1.13 bits per heavy atom. The molecule has 2 atom stereocenters. The van der Waals surface area contributed by atoms with E-state index in [1.807, 2.05) is 0 Å². The van der Waals surface area contributed by atoms with E-state index in [1.165, 1.54) is 16.0 Å². The van der Waals surface area contributed by atoms with E-state index < -0.39 is 0 Å². The Balaban J connectivity index is 1.85. The maximum absolute atomic E-state index is 13.1. The zero-order valence-corrected chi connectivity index (χ0v) is 15.4. The highest BCUT2D eigenvalue weighted by Crippen LogP contribution is 2.45. The van der Waals surface area contributed by atoms with Gasteiger partial charge in [0, 0.05) is 15.9 Å². The Morgan fingerprint density at radius 3 is 2.65 bits per heavy atom. The van der Waals surface area contributed by atoms with Gasteiger partial charge in [-0.25, -0.2) is 0 Å². The van der Waals surface area contributed by atoms with E-state index in [0.29, 0.717) is 0 Å². The van der Waals surface area contributed by atoms with Crippen LogP contribution in [0.15, 0.2) is 51.8 Å². The molecule has 0 aliphatic carbocycles. The van der Waals surface area contributed by atoms with E-state index in [9.17, 15) is 4.79 Å². The van der Waals surface area contributed by atoms with Gasteiger partial charge in [-0.15, -0.1) is 11.8 Å². The smallest absolute Gasteiger partial charge is 0.235 e. The van der Waals surface area contributed by atoms with Crippen LogP contribution in [-0.2, 0) is 4.79 Å². The molecule has 4 rings (SSSR count). The molecule has 0 radical (unpaired) electrons. The van der Waals surface area contributed by atoms with Gasteiger partial charge >= 0.3 is 0 Å². The van der Waals surface area contributed by atoms with Crippen LogP contribution in [-0.4, -0.2) is 23.6 Å². The Hall–Kier alpha value is -1.26. The molecule has 2 heterocycles. The fourth-order valence-corrected chi connectivity index (χ4v) is 4.66. The van der Waals surface area contributed by atoms with Gasteiger partial charge < -0.3 is 4.90 Å². The number of hydrogen-bond acceptors (Lipinski definition) is 2. The number of rotatable bonds is 2. The second-order valence-electron chi connectivity index (χ2n) is 6.17. The van der Waals surface area contributed by atoms with Crippen molar-refractivity contribution in [1.29, 1.82) is 0 Å². The van der Waals surface area contributed by atoms with E-state index in [2.05, 4.69) is 69.6 Å².